The van der Waals surface area contributed by atoms with Crippen molar-refractivity contribution in [3.05, 3.63) is 127 Å². The molecule has 3 N–H and O–H groups in total. The summed E-state index contributed by atoms with van der Waals surface area (Å²) in [6, 6.07) is 22.7. The molecule has 0 aliphatic carbocycles. The van der Waals surface area contributed by atoms with E-state index in [0.29, 0.717) is 47.9 Å². The number of aliphatic hydroxyl groups is 3. The number of methoxy groups -OCH3 is 1. The van der Waals surface area contributed by atoms with Gasteiger partial charge in [0.1, 0.15) is 6.61 Å². The second-order valence-corrected chi connectivity index (χ2v) is 13.7. The number of aromatic nitrogens is 4. The van der Waals surface area contributed by atoms with Crippen LogP contribution < -0.4 is 11.1 Å². The average Bonchev–Trinajstić information content (AvgIpc) is 3.78. The molecule has 4 aromatic heterocycles. The number of pyridine rings is 4. The Balaban J connectivity index is 0.000000181. The minimum absolute atomic E-state index is 0. The number of carbonyl (C=O) groups excluding carboxylic acids is 2. The monoisotopic (exact) mass is 794 g/mol. The number of nitrogens with zero attached hydrogens (tertiary/aromatic N) is 4. The van der Waals surface area contributed by atoms with Gasteiger partial charge in [0.05, 0.1) is 66.2 Å². The number of ether oxygens (including phenoxy) is 2. The van der Waals surface area contributed by atoms with Crippen molar-refractivity contribution in [1.82, 2.24) is 19.1 Å². The summed E-state index contributed by atoms with van der Waals surface area (Å²) in [5, 5.41) is 33.6. The molecule has 0 bridgehead atoms. The number of para-hydroxylation sites is 2. The molecule has 0 amide bonds. The molecule has 9 rings (SSSR count). The highest BCUT2D eigenvalue weighted by Crippen LogP contribution is 2.39. The molecule has 6 aromatic rings. The van der Waals surface area contributed by atoms with Crippen molar-refractivity contribution in [3.63, 3.8) is 0 Å². The van der Waals surface area contributed by atoms with Gasteiger partial charge in [0, 0.05) is 40.0 Å². The van der Waals surface area contributed by atoms with Crippen molar-refractivity contribution in [3.8, 4) is 22.8 Å². The number of carbonyl (C=O) groups is 2. The number of aliphatic hydroxyl groups excluding tert-OH is 1. The first-order valence-electron chi connectivity index (χ1n) is 18.7. The molecule has 3 atom stereocenters. The zero-order chi connectivity index (χ0) is 40.8. The fourth-order valence-corrected chi connectivity index (χ4v) is 7.78. The number of esters is 2. The van der Waals surface area contributed by atoms with Crippen molar-refractivity contribution in [2.24, 2.45) is 0 Å². The Morgan fingerprint density at radius 3 is 1.96 bits per heavy atom. The van der Waals surface area contributed by atoms with E-state index >= 15 is 0 Å². The van der Waals surface area contributed by atoms with Crippen LogP contribution in [0.1, 0.15) is 68.9 Å². The second-order valence-electron chi connectivity index (χ2n) is 13.7. The molecule has 0 saturated heterocycles. The molecule has 13 nitrogen and oxygen atoms in total. The predicted octanol–water partition coefficient (Wildman–Crippen LogP) is 4.90. The smallest absolute Gasteiger partial charge is 0.343 e. The van der Waals surface area contributed by atoms with Gasteiger partial charge in [-0.1, -0.05) is 64.3 Å². The standard InChI is InChI=1S/C21H20N2O5.C20H16N2O4.CH5P.CH4/c1-3-21(27,20(26)28-2)15-9-17-18-13(10-23(17)19(25)14(15)11-24)8-12-6-4-5-7-16(12)22-18;1-2-20(25)14-8-16-17-12(7-11-5-3-4-6-15(11)21-17)9-22(16)18(23)13(14)10-26-19(20)24;1-2;/h4-9,24,27H,3,10-11H2,1-2H3;3-8,25H,2,9-10H2,1H3;2H2,1H3;1H4/t21-;20-;;/m00../s1/i;;1T;. The van der Waals surface area contributed by atoms with Gasteiger partial charge in [0.15, 0.2) is 11.2 Å². The molecule has 57 heavy (non-hydrogen) atoms. The lowest BCUT2D eigenvalue weighted by molar-refractivity contribution is -0.172. The first-order valence-corrected chi connectivity index (χ1v) is 18.8. The normalized spacial score (nSPS) is 16.8. The number of hydrogen-bond acceptors (Lipinski definition) is 11. The van der Waals surface area contributed by atoms with Gasteiger partial charge in [-0.25, -0.2) is 19.6 Å². The lowest BCUT2D eigenvalue weighted by Gasteiger charge is -2.31. The van der Waals surface area contributed by atoms with Crippen LogP contribution in [0.25, 0.3) is 44.6 Å². The number of cyclic esters (lactones) is 1. The van der Waals surface area contributed by atoms with Crippen LogP contribution in [0.15, 0.2) is 82.4 Å². The van der Waals surface area contributed by atoms with Crippen molar-refractivity contribution < 1.29 is 35.8 Å². The Hall–Kier alpha value is -5.59. The third kappa shape index (κ3) is 6.44. The number of rotatable bonds is 5. The Morgan fingerprint density at radius 2 is 1.46 bits per heavy atom. The van der Waals surface area contributed by atoms with E-state index in [1.54, 1.807) is 30.5 Å². The van der Waals surface area contributed by atoms with E-state index < -0.39 is 35.3 Å². The molecule has 1 unspecified atom stereocenters. The molecular formula is C43H45N4O9P. The van der Waals surface area contributed by atoms with Crippen LogP contribution >= 0.6 is 9.24 Å². The van der Waals surface area contributed by atoms with Crippen molar-refractivity contribution >= 4 is 43.0 Å². The Labute approximate surface area is 332 Å². The van der Waals surface area contributed by atoms with Gasteiger partial charge in [-0.2, -0.15) is 0 Å². The molecule has 14 heteroatoms. The fraction of sp³-hybridized carbons (Fsp3) is 0.302. The van der Waals surface area contributed by atoms with Crippen LogP contribution in [-0.4, -0.2) is 60.1 Å². The van der Waals surface area contributed by atoms with Gasteiger partial charge < -0.3 is 33.9 Å². The maximum Gasteiger partial charge on any atom is 0.343 e. The summed E-state index contributed by atoms with van der Waals surface area (Å²) in [7, 11) is 3.42. The molecule has 3 aliphatic heterocycles. The van der Waals surface area contributed by atoms with Gasteiger partial charge in [-0.05, 0) is 49.2 Å². The van der Waals surface area contributed by atoms with E-state index in [0.717, 1.165) is 38.6 Å². The molecule has 0 saturated carbocycles. The Bertz CT molecular complexity index is 2730. The number of benzene rings is 2. The van der Waals surface area contributed by atoms with E-state index in [1.807, 2.05) is 60.7 Å². The lowest BCUT2D eigenvalue weighted by atomic mass is 9.86. The highest BCUT2D eigenvalue weighted by Gasteiger charge is 2.45. The van der Waals surface area contributed by atoms with Gasteiger partial charge in [0.2, 0.25) is 0 Å². The molecule has 296 valence electrons. The van der Waals surface area contributed by atoms with E-state index in [-0.39, 0.29) is 43.6 Å². The van der Waals surface area contributed by atoms with Crippen molar-refractivity contribution in [2.75, 3.05) is 13.8 Å². The largest absolute Gasteiger partial charge is 0.467 e. The summed E-state index contributed by atoms with van der Waals surface area (Å²) in [4.78, 5) is 59.9. The average molecular weight is 795 g/mol. The summed E-state index contributed by atoms with van der Waals surface area (Å²) in [6.07, 6.45) is 0.132. The summed E-state index contributed by atoms with van der Waals surface area (Å²) in [6.45, 7) is 3.76. The minimum Gasteiger partial charge on any atom is -0.467 e. The zero-order valence-electron chi connectivity index (χ0n) is 32.0. The van der Waals surface area contributed by atoms with Crippen molar-refractivity contribution in [2.45, 2.75) is 71.6 Å². The maximum atomic E-state index is 13.1. The molecule has 3 aliphatic rings. The van der Waals surface area contributed by atoms with Crippen LogP contribution in [-0.2, 0) is 56.6 Å². The molecule has 2 aromatic carbocycles. The third-order valence-corrected chi connectivity index (χ3v) is 10.8. The summed E-state index contributed by atoms with van der Waals surface area (Å²) < 4.78 is 19.2. The van der Waals surface area contributed by atoms with Gasteiger partial charge >= 0.3 is 11.9 Å². The van der Waals surface area contributed by atoms with E-state index in [9.17, 15) is 34.5 Å². The fourth-order valence-electron chi connectivity index (χ4n) is 7.78. The first-order chi connectivity index (χ1) is 27.4. The van der Waals surface area contributed by atoms with Crippen LogP contribution in [0.3, 0.4) is 0 Å². The quantitative estimate of drug-likeness (QED) is 0.159. The number of fused-ring (bicyclic) bond motifs is 9. The molecule has 0 radical (unpaired) electrons. The Morgan fingerprint density at radius 1 is 0.930 bits per heavy atom. The Kier molecular flexibility index (Phi) is 10.9. The van der Waals surface area contributed by atoms with Gasteiger partial charge in [-0.3, -0.25) is 9.59 Å². The molecule has 0 spiro atoms. The highest BCUT2D eigenvalue weighted by molar-refractivity contribution is 7.15. The van der Waals surface area contributed by atoms with E-state index in [2.05, 4.69) is 14.2 Å². The van der Waals surface area contributed by atoms with Gasteiger partial charge in [0.25, 0.3) is 11.1 Å². The van der Waals surface area contributed by atoms with Crippen LogP contribution in [0.2, 0.25) is 0 Å². The van der Waals surface area contributed by atoms with Crippen molar-refractivity contribution in [1.29, 1.82) is 0 Å². The minimum atomic E-state index is -2.03. The van der Waals surface area contributed by atoms with Gasteiger partial charge in [-0.15, -0.1) is 9.24 Å². The third-order valence-electron chi connectivity index (χ3n) is 10.8. The van der Waals surface area contributed by atoms with E-state index in [1.165, 1.54) is 11.7 Å². The molecule has 7 heterocycles. The van der Waals surface area contributed by atoms with E-state index in [4.69, 9.17) is 15.8 Å². The number of hydrogen-bond donors (Lipinski definition) is 3. The first kappa shape index (κ1) is 39.6. The molecular weight excluding hydrogens is 747 g/mol. The second kappa shape index (κ2) is 15.7. The topological polar surface area (TPSA) is 183 Å². The lowest BCUT2D eigenvalue weighted by Crippen LogP contribution is -2.44. The summed E-state index contributed by atoms with van der Waals surface area (Å²) in [5.74, 6) is -1.58. The highest BCUT2D eigenvalue weighted by atomic mass is 31.0. The van der Waals surface area contributed by atoms with Crippen LogP contribution in [0.4, 0.5) is 0 Å². The summed E-state index contributed by atoms with van der Waals surface area (Å²) >= 11 is 0. The zero-order valence-corrected chi connectivity index (χ0v) is 32.2. The summed E-state index contributed by atoms with van der Waals surface area (Å²) in [5.41, 5.74) is 2.17. The van der Waals surface area contributed by atoms with Crippen LogP contribution in [0.5, 0.6) is 0 Å². The predicted molar refractivity (Wildman–Crippen MR) is 220 cm³/mol. The SMILES string of the molecule is C.CC[C@@](O)(C(=O)OC)c1cc2n(c(=O)c1CO)Cc1cc3ccccc3nc1-2.CC[C@@]1(O)C(=O)OCc2c1cc1n(c2=O)Cc2cc3ccccc3nc2-1.[3H]CP. The van der Waals surface area contributed by atoms with Crippen LogP contribution in [0, 0.1) is 0 Å². The maximum absolute atomic E-state index is 13.1. The molecule has 0 fully saturated rings.